The van der Waals surface area contributed by atoms with E-state index in [9.17, 15) is 0 Å². The molecule has 17 heavy (non-hydrogen) atoms. The zero-order valence-corrected chi connectivity index (χ0v) is 9.35. The third-order valence-corrected chi connectivity index (χ3v) is 3.39. The summed E-state index contributed by atoms with van der Waals surface area (Å²) < 4.78 is 2.23. The number of aromatic nitrogens is 3. The molecule has 0 aliphatic heterocycles. The molecule has 4 rings (SSSR count). The van der Waals surface area contributed by atoms with Gasteiger partial charge in [0.25, 0.3) is 0 Å². The van der Waals surface area contributed by atoms with Crippen LogP contribution in [0.25, 0.3) is 16.7 Å². The van der Waals surface area contributed by atoms with Crippen LogP contribution in [0.3, 0.4) is 0 Å². The van der Waals surface area contributed by atoms with Crippen molar-refractivity contribution in [1.82, 2.24) is 14.5 Å². The Balaban J connectivity index is 1.88. The largest absolute Gasteiger partial charge is 0.345 e. The second kappa shape index (κ2) is 3.23. The lowest BCUT2D eigenvalue weighted by Gasteiger charge is -2.08. The molecule has 0 spiro atoms. The van der Waals surface area contributed by atoms with Crippen LogP contribution in [0.2, 0.25) is 0 Å². The van der Waals surface area contributed by atoms with Crippen LogP contribution in [0.5, 0.6) is 0 Å². The SMILES string of the molecule is [c]1cc(C2CC2)n(-c2ccc3[nH]cnc3c2)c1. The molecule has 3 nitrogen and oxygen atoms in total. The first-order valence-corrected chi connectivity index (χ1v) is 5.94. The molecule has 2 heterocycles. The number of H-pyrrole nitrogens is 1. The number of aromatic amines is 1. The first-order valence-electron chi connectivity index (χ1n) is 5.94. The molecule has 1 fully saturated rings. The van der Waals surface area contributed by atoms with Crippen molar-refractivity contribution in [3.05, 3.63) is 48.5 Å². The Labute approximate surface area is 99.1 Å². The van der Waals surface area contributed by atoms with Crippen molar-refractivity contribution in [3.8, 4) is 5.69 Å². The first-order chi connectivity index (χ1) is 8.42. The molecule has 3 heteroatoms. The molecule has 0 unspecified atom stereocenters. The molecule has 2 aromatic heterocycles. The van der Waals surface area contributed by atoms with Gasteiger partial charge in [-0.2, -0.15) is 0 Å². The minimum atomic E-state index is 0.733. The van der Waals surface area contributed by atoms with E-state index in [1.54, 1.807) is 6.33 Å². The molecule has 3 aromatic rings. The maximum absolute atomic E-state index is 4.30. The van der Waals surface area contributed by atoms with Gasteiger partial charge in [-0.1, -0.05) is 0 Å². The number of fused-ring (bicyclic) bond motifs is 1. The van der Waals surface area contributed by atoms with Crippen LogP contribution < -0.4 is 0 Å². The van der Waals surface area contributed by atoms with Crippen molar-refractivity contribution in [3.63, 3.8) is 0 Å². The van der Waals surface area contributed by atoms with Gasteiger partial charge < -0.3 is 9.55 Å². The molecule has 0 atom stereocenters. The third kappa shape index (κ3) is 1.39. The molecule has 1 aromatic carbocycles. The van der Waals surface area contributed by atoms with Crippen LogP contribution in [-0.4, -0.2) is 14.5 Å². The summed E-state index contributed by atoms with van der Waals surface area (Å²) in [4.78, 5) is 7.41. The zero-order chi connectivity index (χ0) is 11.2. The molecule has 1 radical (unpaired) electrons. The maximum Gasteiger partial charge on any atom is 0.0931 e. The highest BCUT2D eigenvalue weighted by molar-refractivity contribution is 5.76. The van der Waals surface area contributed by atoms with Crippen LogP contribution in [0.1, 0.15) is 24.5 Å². The van der Waals surface area contributed by atoms with Gasteiger partial charge in [0.05, 0.1) is 17.4 Å². The number of nitrogens with zero attached hydrogens (tertiary/aromatic N) is 2. The summed E-state index contributed by atoms with van der Waals surface area (Å²) >= 11 is 0. The molecule has 83 valence electrons. The Bertz CT molecular complexity index is 673. The van der Waals surface area contributed by atoms with Gasteiger partial charge in [-0.25, -0.2) is 4.98 Å². The van der Waals surface area contributed by atoms with Gasteiger partial charge in [-0.15, -0.1) is 0 Å². The van der Waals surface area contributed by atoms with E-state index in [0.717, 1.165) is 17.0 Å². The molecule has 0 bridgehead atoms. The van der Waals surface area contributed by atoms with Crippen LogP contribution in [0.15, 0.2) is 36.8 Å². The van der Waals surface area contributed by atoms with E-state index in [4.69, 9.17) is 0 Å². The standard InChI is InChI=1S/C14H12N3/c1-2-14(10-3-4-10)17(7-1)11-5-6-12-13(8-11)16-9-15-12/h2,5-10H,3-4H2,(H,15,16). The van der Waals surface area contributed by atoms with Gasteiger partial charge in [0.15, 0.2) is 0 Å². The Kier molecular flexibility index (Phi) is 1.72. The van der Waals surface area contributed by atoms with E-state index in [1.165, 1.54) is 24.2 Å². The van der Waals surface area contributed by atoms with Gasteiger partial charge in [-0.05, 0) is 43.0 Å². The predicted octanol–water partition coefficient (Wildman–Crippen LogP) is 3.03. The van der Waals surface area contributed by atoms with Gasteiger partial charge in [0.1, 0.15) is 0 Å². The van der Waals surface area contributed by atoms with E-state index >= 15 is 0 Å². The fraction of sp³-hybridized carbons (Fsp3) is 0.214. The van der Waals surface area contributed by atoms with Crippen molar-refractivity contribution >= 4 is 11.0 Å². The van der Waals surface area contributed by atoms with E-state index in [-0.39, 0.29) is 0 Å². The molecular formula is C14H12N3. The average Bonchev–Trinajstić information content (AvgIpc) is 2.93. The Morgan fingerprint density at radius 3 is 3.18 bits per heavy atom. The Morgan fingerprint density at radius 1 is 1.35 bits per heavy atom. The summed E-state index contributed by atoms with van der Waals surface area (Å²) in [5.74, 6) is 0.733. The summed E-state index contributed by atoms with van der Waals surface area (Å²) in [6, 6.07) is 11.6. The Hall–Kier alpha value is -2.03. The molecule has 1 aliphatic rings. The summed E-state index contributed by atoms with van der Waals surface area (Å²) in [6.45, 7) is 0. The summed E-state index contributed by atoms with van der Waals surface area (Å²) in [7, 11) is 0. The molecule has 1 saturated carbocycles. The van der Waals surface area contributed by atoms with E-state index in [0.29, 0.717) is 0 Å². The predicted molar refractivity (Wildman–Crippen MR) is 66.2 cm³/mol. The normalized spacial score (nSPS) is 15.5. The molecule has 1 aliphatic carbocycles. The molecule has 0 amide bonds. The zero-order valence-electron chi connectivity index (χ0n) is 9.35. The number of nitrogens with one attached hydrogen (secondary N) is 1. The van der Waals surface area contributed by atoms with Crippen molar-refractivity contribution in [1.29, 1.82) is 0 Å². The molecular weight excluding hydrogens is 210 g/mol. The highest BCUT2D eigenvalue weighted by atomic mass is 15.0. The monoisotopic (exact) mass is 222 g/mol. The van der Waals surface area contributed by atoms with Crippen molar-refractivity contribution in [2.45, 2.75) is 18.8 Å². The summed E-state index contributed by atoms with van der Waals surface area (Å²) in [6.07, 6.45) is 6.37. The van der Waals surface area contributed by atoms with Gasteiger partial charge in [0.2, 0.25) is 0 Å². The van der Waals surface area contributed by atoms with Crippen LogP contribution in [-0.2, 0) is 0 Å². The second-order valence-corrected chi connectivity index (χ2v) is 4.61. The highest BCUT2D eigenvalue weighted by Gasteiger charge is 2.26. The maximum atomic E-state index is 4.30. The Morgan fingerprint density at radius 2 is 2.29 bits per heavy atom. The minimum Gasteiger partial charge on any atom is -0.345 e. The second-order valence-electron chi connectivity index (χ2n) is 4.61. The average molecular weight is 222 g/mol. The van der Waals surface area contributed by atoms with Crippen molar-refractivity contribution in [2.75, 3.05) is 0 Å². The van der Waals surface area contributed by atoms with Crippen LogP contribution in [0, 0.1) is 6.07 Å². The molecule has 1 N–H and O–H groups in total. The van der Waals surface area contributed by atoms with E-state index in [1.807, 2.05) is 6.20 Å². The number of rotatable bonds is 2. The lowest BCUT2D eigenvalue weighted by atomic mass is 10.2. The number of hydrogen-bond acceptors (Lipinski definition) is 1. The van der Waals surface area contributed by atoms with Gasteiger partial charge in [-0.3, -0.25) is 0 Å². The summed E-state index contributed by atoms with van der Waals surface area (Å²) in [5, 5.41) is 0. The smallest absolute Gasteiger partial charge is 0.0931 e. The van der Waals surface area contributed by atoms with E-state index < -0.39 is 0 Å². The number of hydrogen-bond donors (Lipinski definition) is 1. The van der Waals surface area contributed by atoms with Gasteiger partial charge >= 0.3 is 0 Å². The topological polar surface area (TPSA) is 33.6 Å². The van der Waals surface area contributed by atoms with E-state index in [2.05, 4.69) is 44.9 Å². The fourth-order valence-electron chi connectivity index (χ4n) is 2.33. The van der Waals surface area contributed by atoms with Crippen LogP contribution >= 0.6 is 0 Å². The number of imidazole rings is 1. The first kappa shape index (κ1) is 9.05. The molecule has 0 saturated heterocycles. The lowest BCUT2D eigenvalue weighted by molar-refractivity contribution is 0.928. The highest BCUT2D eigenvalue weighted by Crippen LogP contribution is 2.41. The number of benzene rings is 1. The summed E-state index contributed by atoms with van der Waals surface area (Å²) in [5.41, 5.74) is 4.64. The van der Waals surface area contributed by atoms with Gasteiger partial charge in [0, 0.05) is 23.6 Å². The third-order valence-electron chi connectivity index (χ3n) is 3.39. The van der Waals surface area contributed by atoms with Crippen molar-refractivity contribution < 1.29 is 0 Å². The quantitative estimate of drug-likeness (QED) is 0.710. The van der Waals surface area contributed by atoms with Crippen LogP contribution in [0.4, 0.5) is 0 Å². The van der Waals surface area contributed by atoms with Crippen molar-refractivity contribution in [2.24, 2.45) is 0 Å². The lowest BCUT2D eigenvalue weighted by Crippen LogP contribution is -1.96. The fourth-order valence-corrected chi connectivity index (χ4v) is 2.33. The minimum absolute atomic E-state index is 0.733.